The third-order valence-electron chi connectivity index (χ3n) is 2.67. The first-order valence-electron chi connectivity index (χ1n) is 6.40. The monoisotopic (exact) mass is 287 g/mol. The lowest BCUT2D eigenvalue weighted by Gasteiger charge is -2.12. The Hall–Kier alpha value is -1.94. The normalized spacial score (nSPS) is 10.1. The van der Waals surface area contributed by atoms with Gasteiger partial charge in [-0.2, -0.15) is 11.8 Å². The topological polar surface area (TPSA) is 38.3 Å². The molecule has 4 heteroatoms. The number of rotatable bonds is 6. The van der Waals surface area contributed by atoms with Gasteiger partial charge in [-0.1, -0.05) is 30.3 Å². The molecule has 3 nitrogen and oxygen atoms in total. The summed E-state index contributed by atoms with van der Waals surface area (Å²) in [6, 6.07) is 17.0. The Kier molecular flexibility index (Phi) is 5.50. The number of anilines is 1. The van der Waals surface area contributed by atoms with E-state index in [9.17, 15) is 4.79 Å². The van der Waals surface area contributed by atoms with Gasteiger partial charge in [-0.05, 0) is 30.5 Å². The summed E-state index contributed by atoms with van der Waals surface area (Å²) in [5, 5.41) is 2.89. The van der Waals surface area contributed by atoms with Crippen LogP contribution in [0.5, 0.6) is 11.5 Å². The molecule has 0 aromatic heterocycles. The number of thioether (sulfide) groups is 1. The average Bonchev–Trinajstić information content (AvgIpc) is 2.48. The van der Waals surface area contributed by atoms with Gasteiger partial charge in [-0.15, -0.1) is 0 Å². The zero-order chi connectivity index (χ0) is 14.2. The third-order valence-corrected chi connectivity index (χ3v) is 3.28. The van der Waals surface area contributed by atoms with Gasteiger partial charge in [0.25, 0.3) is 0 Å². The van der Waals surface area contributed by atoms with E-state index in [4.69, 9.17) is 4.74 Å². The van der Waals surface area contributed by atoms with Crippen molar-refractivity contribution in [1.82, 2.24) is 0 Å². The van der Waals surface area contributed by atoms with Gasteiger partial charge >= 0.3 is 0 Å². The van der Waals surface area contributed by atoms with Gasteiger partial charge in [0.15, 0.2) is 5.75 Å². The lowest BCUT2D eigenvalue weighted by Crippen LogP contribution is -2.12. The van der Waals surface area contributed by atoms with Gasteiger partial charge in [0.05, 0.1) is 5.69 Å². The van der Waals surface area contributed by atoms with Gasteiger partial charge in [-0.25, -0.2) is 0 Å². The second-order valence-corrected chi connectivity index (χ2v) is 5.19. The summed E-state index contributed by atoms with van der Waals surface area (Å²) in [7, 11) is 0. The van der Waals surface area contributed by atoms with E-state index in [0.717, 1.165) is 11.5 Å². The summed E-state index contributed by atoms with van der Waals surface area (Å²) in [6.07, 6.45) is 2.49. The second kappa shape index (κ2) is 7.60. The first kappa shape index (κ1) is 14.5. The molecular weight excluding hydrogens is 270 g/mol. The summed E-state index contributed by atoms with van der Waals surface area (Å²) in [4.78, 5) is 11.8. The minimum atomic E-state index is 0.00321. The fourth-order valence-corrected chi connectivity index (χ4v) is 2.07. The maximum atomic E-state index is 11.8. The molecule has 0 aliphatic heterocycles. The van der Waals surface area contributed by atoms with E-state index in [1.54, 1.807) is 11.8 Å². The molecule has 0 radical (unpaired) electrons. The highest BCUT2D eigenvalue weighted by molar-refractivity contribution is 7.98. The van der Waals surface area contributed by atoms with Crippen LogP contribution in [0.4, 0.5) is 5.69 Å². The molecule has 1 N–H and O–H groups in total. The van der Waals surface area contributed by atoms with Crippen LogP contribution in [0.15, 0.2) is 54.6 Å². The van der Waals surface area contributed by atoms with Gasteiger partial charge in [-0.3, -0.25) is 4.79 Å². The number of ether oxygens (including phenoxy) is 1. The van der Waals surface area contributed by atoms with Crippen LogP contribution in [0.1, 0.15) is 6.42 Å². The number of hydrogen-bond donors (Lipinski definition) is 1. The molecule has 0 fully saturated rings. The van der Waals surface area contributed by atoms with Crippen molar-refractivity contribution in [3.05, 3.63) is 54.6 Å². The van der Waals surface area contributed by atoms with E-state index in [0.29, 0.717) is 17.9 Å². The Labute approximate surface area is 123 Å². The molecule has 2 rings (SSSR count). The minimum absolute atomic E-state index is 0.00321. The number of nitrogens with one attached hydrogen (secondary N) is 1. The molecule has 0 aliphatic carbocycles. The highest BCUT2D eigenvalue weighted by Gasteiger charge is 2.07. The van der Waals surface area contributed by atoms with Gasteiger partial charge in [0.1, 0.15) is 5.75 Å². The standard InChI is InChI=1S/C16H17NO2S/c1-20-12-11-16(18)17-14-9-5-6-10-15(14)19-13-7-3-2-4-8-13/h2-10H,11-12H2,1H3,(H,17,18). The molecule has 2 aromatic carbocycles. The molecule has 1 amide bonds. The predicted octanol–water partition coefficient (Wildman–Crippen LogP) is 4.17. The molecule has 20 heavy (non-hydrogen) atoms. The number of amides is 1. The van der Waals surface area contributed by atoms with Crippen molar-refractivity contribution in [2.75, 3.05) is 17.3 Å². The van der Waals surface area contributed by atoms with Crippen molar-refractivity contribution in [3.8, 4) is 11.5 Å². The first-order valence-corrected chi connectivity index (χ1v) is 7.79. The predicted molar refractivity (Wildman–Crippen MR) is 84.6 cm³/mol. The Morgan fingerprint density at radius 2 is 1.80 bits per heavy atom. The summed E-state index contributed by atoms with van der Waals surface area (Å²) < 4.78 is 5.79. The summed E-state index contributed by atoms with van der Waals surface area (Å²) in [5.74, 6) is 2.21. The number of benzene rings is 2. The maximum Gasteiger partial charge on any atom is 0.225 e. The molecule has 0 aliphatic rings. The van der Waals surface area contributed by atoms with Crippen LogP contribution in [0, 0.1) is 0 Å². The molecule has 0 unspecified atom stereocenters. The van der Waals surface area contributed by atoms with Crippen molar-refractivity contribution in [3.63, 3.8) is 0 Å². The Bertz CT molecular complexity index is 557. The van der Waals surface area contributed by atoms with E-state index in [1.165, 1.54) is 0 Å². The quantitative estimate of drug-likeness (QED) is 0.866. The summed E-state index contributed by atoms with van der Waals surface area (Å²) in [5.41, 5.74) is 0.697. The smallest absolute Gasteiger partial charge is 0.225 e. The Balaban J connectivity index is 2.08. The molecule has 0 saturated heterocycles. The van der Waals surface area contributed by atoms with Crippen molar-refractivity contribution in [2.24, 2.45) is 0 Å². The van der Waals surface area contributed by atoms with Crippen molar-refractivity contribution < 1.29 is 9.53 Å². The summed E-state index contributed by atoms with van der Waals surface area (Å²) >= 11 is 1.66. The van der Waals surface area contributed by atoms with Crippen LogP contribution in [-0.2, 0) is 4.79 Å². The molecule has 104 valence electrons. The fraction of sp³-hybridized carbons (Fsp3) is 0.188. The van der Waals surface area contributed by atoms with Crippen molar-refractivity contribution in [2.45, 2.75) is 6.42 Å². The second-order valence-electron chi connectivity index (χ2n) is 4.20. The largest absolute Gasteiger partial charge is 0.455 e. The van der Waals surface area contributed by atoms with E-state index in [-0.39, 0.29) is 5.91 Å². The molecule has 0 spiro atoms. The fourth-order valence-electron chi connectivity index (χ4n) is 1.68. The molecule has 0 atom stereocenters. The van der Waals surface area contributed by atoms with Gasteiger partial charge in [0.2, 0.25) is 5.91 Å². The highest BCUT2D eigenvalue weighted by Crippen LogP contribution is 2.29. The third kappa shape index (κ3) is 4.31. The Morgan fingerprint density at radius 1 is 1.10 bits per heavy atom. The van der Waals surface area contributed by atoms with E-state index in [1.807, 2.05) is 60.9 Å². The summed E-state index contributed by atoms with van der Waals surface area (Å²) in [6.45, 7) is 0. The molecule has 0 bridgehead atoms. The Morgan fingerprint density at radius 3 is 2.55 bits per heavy atom. The lowest BCUT2D eigenvalue weighted by molar-refractivity contribution is -0.115. The maximum absolute atomic E-state index is 11.8. The van der Waals surface area contributed by atoms with Crippen LogP contribution >= 0.6 is 11.8 Å². The van der Waals surface area contributed by atoms with Crippen LogP contribution < -0.4 is 10.1 Å². The number of hydrogen-bond acceptors (Lipinski definition) is 3. The number of para-hydroxylation sites is 3. The molecular formula is C16H17NO2S. The number of carbonyl (C=O) groups excluding carboxylic acids is 1. The SMILES string of the molecule is CSCCC(=O)Nc1ccccc1Oc1ccccc1. The lowest BCUT2D eigenvalue weighted by atomic mass is 10.2. The van der Waals surface area contributed by atoms with Gasteiger partial charge < -0.3 is 10.1 Å². The molecule has 2 aromatic rings. The van der Waals surface area contributed by atoms with Crippen LogP contribution in [-0.4, -0.2) is 17.9 Å². The molecule has 0 saturated carbocycles. The highest BCUT2D eigenvalue weighted by atomic mass is 32.2. The van der Waals surface area contributed by atoms with E-state index < -0.39 is 0 Å². The van der Waals surface area contributed by atoms with E-state index in [2.05, 4.69) is 5.32 Å². The molecule has 0 heterocycles. The zero-order valence-electron chi connectivity index (χ0n) is 11.3. The average molecular weight is 287 g/mol. The minimum Gasteiger partial charge on any atom is -0.455 e. The first-order chi connectivity index (χ1) is 9.79. The van der Waals surface area contributed by atoms with Crippen LogP contribution in [0.25, 0.3) is 0 Å². The van der Waals surface area contributed by atoms with Gasteiger partial charge in [0, 0.05) is 12.2 Å². The van der Waals surface area contributed by atoms with Crippen LogP contribution in [0.3, 0.4) is 0 Å². The zero-order valence-corrected chi connectivity index (χ0v) is 12.2. The van der Waals surface area contributed by atoms with E-state index >= 15 is 0 Å². The number of carbonyl (C=O) groups is 1. The van der Waals surface area contributed by atoms with Crippen LogP contribution in [0.2, 0.25) is 0 Å². The van der Waals surface area contributed by atoms with Crippen molar-refractivity contribution in [1.29, 1.82) is 0 Å². The van der Waals surface area contributed by atoms with Crippen molar-refractivity contribution >= 4 is 23.4 Å².